The molecule has 1 saturated heterocycles. The first-order valence-electron chi connectivity index (χ1n) is 8.87. The van der Waals surface area contributed by atoms with Crippen LogP contribution in [0.4, 0.5) is 5.69 Å². The minimum Gasteiger partial charge on any atom is -0.367 e. The molecule has 6 heteroatoms. The van der Waals surface area contributed by atoms with E-state index in [1.54, 1.807) is 18.6 Å². The highest BCUT2D eigenvalue weighted by Crippen LogP contribution is 2.26. The molecule has 1 amide bonds. The summed E-state index contributed by atoms with van der Waals surface area (Å²) in [5.41, 5.74) is 3.37. The Labute approximate surface area is 163 Å². The van der Waals surface area contributed by atoms with Crippen LogP contribution in [0.5, 0.6) is 0 Å². The van der Waals surface area contributed by atoms with Crippen LogP contribution in [-0.2, 0) is 0 Å². The molecule has 3 heterocycles. The lowest BCUT2D eigenvalue weighted by Crippen LogP contribution is -2.48. The SMILES string of the molecule is O=C(c1ccc(-c2cccnc2)nc1)N1CCN(c2ccccc2Cl)CC1. The zero-order valence-corrected chi connectivity index (χ0v) is 15.5. The van der Waals surface area contributed by atoms with Crippen LogP contribution in [0.25, 0.3) is 11.3 Å². The third-order valence-corrected chi connectivity index (χ3v) is 5.05. The number of rotatable bonds is 3. The van der Waals surface area contributed by atoms with Gasteiger partial charge in [0.15, 0.2) is 0 Å². The van der Waals surface area contributed by atoms with E-state index in [0.29, 0.717) is 18.7 Å². The number of hydrogen-bond acceptors (Lipinski definition) is 4. The molecule has 4 rings (SSSR count). The number of para-hydroxylation sites is 1. The van der Waals surface area contributed by atoms with E-state index >= 15 is 0 Å². The fourth-order valence-corrected chi connectivity index (χ4v) is 3.50. The molecule has 1 aliphatic heterocycles. The second-order valence-corrected chi connectivity index (χ2v) is 6.81. The molecule has 0 atom stereocenters. The van der Waals surface area contributed by atoms with E-state index < -0.39 is 0 Å². The van der Waals surface area contributed by atoms with Gasteiger partial charge in [-0.15, -0.1) is 0 Å². The van der Waals surface area contributed by atoms with Crippen molar-refractivity contribution in [2.75, 3.05) is 31.1 Å². The van der Waals surface area contributed by atoms with Crippen LogP contribution in [0.2, 0.25) is 5.02 Å². The van der Waals surface area contributed by atoms with E-state index in [0.717, 1.165) is 35.1 Å². The second-order valence-electron chi connectivity index (χ2n) is 6.40. The van der Waals surface area contributed by atoms with Gasteiger partial charge in [-0.1, -0.05) is 23.7 Å². The van der Waals surface area contributed by atoms with Crippen molar-refractivity contribution in [3.63, 3.8) is 0 Å². The molecule has 2 aromatic heterocycles. The fraction of sp³-hybridized carbons (Fsp3) is 0.190. The molecule has 0 aliphatic carbocycles. The summed E-state index contributed by atoms with van der Waals surface area (Å²) in [4.78, 5) is 25.4. The Morgan fingerprint density at radius 1 is 0.926 bits per heavy atom. The largest absolute Gasteiger partial charge is 0.367 e. The number of amides is 1. The number of halogens is 1. The lowest BCUT2D eigenvalue weighted by Gasteiger charge is -2.36. The zero-order chi connectivity index (χ0) is 18.6. The van der Waals surface area contributed by atoms with Gasteiger partial charge < -0.3 is 9.80 Å². The maximum atomic E-state index is 12.8. The van der Waals surface area contributed by atoms with Gasteiger partial charge in [0.1, 0.15) is 0 Å². The van der Waals surface area contributed by atoms with Gasteiger partial charge in [-0.25, -0.2) is 0 Å². The van der Waals surface area contributed by atoms with Crippen molar-refractivity contribution in [1.82, 2.24) is 14.9 Å². The van der Waals surface area contributed by atoms with Crippen LogP contribution in [0, 0.1) is 0 Å². The summed E-state index contributed by atoms with van der Waals surface area (Å²) in [7, 11) is 0. The molecule has 136 valence electrons. The molecular weight excluding hydrogens is 360 g/mol. The molecule has 3 aromatic rings. The number of nitrogens with zero attached hydrogens (tertiary/aromatic N) is 4. The van der Waals surface area contributed by atoms with Crippen molar-refractivity contribution in [1.29, 1.82) is 0 Å². The van der Waals surface area contributed by atoms with E-state index in [4.69, 9.17) is 11.6 Å². The summed E-state index contributed by atoms with van der Waals surface area (Å²) in [5.74, 6) is 0.0130. The molecule has 0 unspecified atom stereocenters. The van der Waals surface area contributed by atoms with Crippen molar-refractivity contribution in [2.24, 2.45) is 0 Å². The molecule has 0 bridgehead atoms. The summed E-state index contributed by atoms with van der Waals surface area (Å²) in [6, 6.07) is 15.3. The highest BCUT2D eigenvalue weighted by atomic mass is 35.5. The average Bonchev–Trinajstić information content (AvgIpc) is 2.74. The first-order chi connectivity index (χ1) is 13.2. The van der Waals surface area contributed by atoms with E-state index in [1.807, 2.05) is 53.4 Å². The standard InChI is InChI=1S/C21H19ClN4O/c22-18-5-1-2-6-20(18)25-10-12-26(13-11-25)21(27)17-7-8-19(24-15-17)16-4-3-9-23-14-16/h1-9,14-15H,10-13H2. The Hall–Kier alpha value is -2.92. The average molecular weight is 379 g/mol. The van der Waals surface area contributed by atoms with Crippen LogP contribution < -0.4 is 4.90 Å². The minimum absolute atomic E-state index is 0.0130. The molecule has 0 radical (unpaired) electrons. The number of carbonyl (C=O) groups excluding carboxylic acids is 1. The quantitative estimate of drug-likeness (QED) is 0.696. The first kappa shape index (κ1) is 17.5. The van der Waals surface area contributed by atoms with Gasteiger partial charge in [0.2, 0.25) is 0 Å². The van der Waals surface area contributed by atoms with Gasteiger partial charge in [0.05, 0.1) is 22.0 Å². The molecule has 1 fully saturated rings. The number of aromatic nitrogens is 2. The number of hydrogen-bond donors (Lipinski definition) is 0. The molecule has 5 nitrogen and oxygen atoms in total. The highest BCUT2D eigenvalue weighted by Gasteiger charge is 2.23. The summed E-state index contributed by atoms with van der Waals surface area (Å²) < 4.78 is 0. The second kappa shape index (κ2) is 7.76. The van der Waals surface area contributed by atoms with Crippen molar-refractivity contribution in [2.45, 2.75) is 0 Å². The van der Waals surface area contributed by atoms with E-state index in [9.17, 15) is 4.79 Å². The Balaban J connectivity index is 1.41. The van der Waals surface area contributed by atoms with Crippen molar-refractivity contribution < 1.29 is 4.79 Å². The smallest absolute Gasteiger partial charge is 0.255 e. The molecule has 27 heavy (non-hydrogen) atoms. The number of piperazine rings is 1. The Morgan fingerprint density at radius 3 is 2.41 bits per heavy atom. The molecule has 0 N–H and O–H groups in total. The van der Waals surface area contributed by atoms with Crippen molar-refractivity contribution >= 4 is 23.2 Å². The van der Waals surface area contributed by atoms with Crippen LogP contribution in [0.1, 0.15) is 10.4 Å². The van der Waals surface area contributed by atoms with E-state index in [2.05, 4.69) is 14.9 Å². The fourth-order valence-electron chi connectivity index (χ4n) is 3.25. The summed E-state index contributed by atoms with van der Waals surface area (Å²) >= 11 is 6.28. The van der Waals surface area contributed by atoms with Gasteiger partial charge in [-0.2, -0.15) is 0 Å². The lowest BCUT2D eigenvalue weighted by molar-refractivity contribution is 0.0746. The van der Waals surface area contributed by atoms with Gasteiger partial charge in [-0.05, 0) is 36.4 Å². The van der Waals surface area contributed by atoms with Crippen LogP contribution in [0.15, 0.2) is 67.1 Å². The normalized spacial score (nSPS) is 14.3. The molecule has 1 aliphatic rings. The van der Waals surface area contributed by atoms with Gasteiger partial charge in [0.25, 0.3) is 5.91 Å². The molecule has 0 saturated carbocycles. The van der Waals surface area contributed by atoms with Gasteiger partial charge >= 0.3 is 0 Å². The Morgan fingerprint density at radius 2 is 1.74 bits per heavy atom. The Bertz CT molecular complexity index is 922. The summed E-state index contributed by atoms with van der Waals surface area (Å²) in [6.45, 7) is 2.84. The minimum atomic E-state index is 0.0130. The summed E-state index contributed by atoms with van der Waals surface area (Å²) in [5, 5.41) is 0.743. The predicted octanol–water partition coefficient (Wildman–Crippen LogP) is 3.76. The van der Waals surface area contributed by atoms with E-state index in [-0.39, 0.29) is 5.91 Å². The monoisotopic (exact) mass is 378 g/mol. The number of carbonyl (C=O) groups is 1. The number of benzene rings is 1. The van der Waals surface area contributed by atoms with Crippen molar-refractivity contribution in [3.8, 4) is 11.3 Å². The molecular formula is C21H19ClN4O. The van der Waals surface area contributed by atoms with Crippen LogP contribution in [0.3, 0.4) is 0 Å². The number of anilines is 1. The van der Waals surface area contributed by atoms with Crippen LogP contribution in [-0.4, -0.2) is 47.0 Å². The Kier molecular flexibility index (Phi) is 5.03. The molecule has 1 aromatic carbocycles. The van der Waals surface area contributed by atoms with Crippen LogP contribution >= 0.6 is 11.6 Å². The van der Waals surface area contributed by atoms with Gasteiger partial charge in [-0.3, -0.25) is 14.8 Å². The maximum Gasteiger partial charge on any atom is 0.255 e. The zero-order valence-electron chi connectivity index (χ0n) is 14.8. The predicted molar refractivity (Wildman–Crippen MR) is 107 cm³/mol. The third-order valence-electron chi connectivity index (χ3n) is 4.73. The van der Waals surface area contributed by atoms with Gasteiger partial charge in [0, 0.05) is 50.3 Å². The first-order valence-corrected chi connectivity index (χ1v) is 9.25. The molecule has 0 spiro atoms. The lowest BCUT2D eigenvalue weighted by atomic mass is 10.1. The van der Waals surface area contributed by atoms with Crippen molar-refractivity contribution in [3.05, 3.63) is 77.7 Å². The third kappa shape index (κ3) is 3.78. The van der Waals surface area contributed by atoms with E-state index in [1.165, 1.54) is 0 Å². The summed E-state index contributed by atoms with van der Waals surface area (Å²) in [6.07, 6.45) is 5.13. The topological polar surface area (TPSA) is 49.3 Å². The maximum absolute atomic E-state index is 12.8. The number of pyridine rings is 2. The highest BCUT2D eigenvalue weighted by molar-refractivity contribution is 6.33.